The highest BCUT2D eigenvalue weighted by Gasteiger charge is 2.38. The quantitative estimate of drug-likeness (QED) is 0.671. The molecule has 4 rings (SSSR count). The Hall–Kier alpha value is -4.68. The minimum absolute atomic E-state index is 0.0244. The Balaban J connectivity index is 2.13. The maximum atomic E-state index is 13.5. The average Bonchev–Trinajstić information content (AvgIpc) is 2.82. The van der Waals surface area contributed by atoms with Crippen molar-refractivity contribution in [1.82, 2.24) is 0 Å². The molecule has 0 amide bonds. The van der Waals surface area contributed by atoms with E-state index in [1.54, 1.807) is 18.2 Å². The Morgan fingerprint density at radius 2 is 0.912 bits per heavy atom. The van der Waals surface area contributed by atoms with Crippen LogP contribution in [0.5, 0.6) is 0 Å². The summed E-state index contributed by atoms with van der Waals surface area (Å²) in [6.45, 7) is 14.6. The second-order valence-corrected chi connectivity index (χ2v) is 7.76. The van der Waals surface area contributed by atoms with Crippen LogP contribution < -0.4 is 11.5 Å². The number of nitrogens with two attached hydrogens (primary N) is 1. The molecule has 2 aliphatic rings. The molecule has 6 nitrogen and oxygen atoms in total. The van der Waals surface area contributed by atoms with Gasteiger partial charge in [0.1, 0.15) is 5.69 Å². The van der Waals surface area contributed by atoms with Gasteiger partial charge in [0.05, 0.1) is 11.1 Å². The van der Waals surface area contributed by atoms with E-state index in [0.29, 0.717) is 16.8 Å². The van der Waals surface area contributed by atoms with E-state index in [0.717, 1.165) is 0 Å². The van der Waals surface area contributed by atoms with Crippen LogP contribution >= 0.6 is 0 Å². The first-order chi connectivity index (χ1) is 16.2. The molecule has 166 valence electrons. The van der Waals surface area contributed by atoms with Crippen molar-refractivity contribution in [1.29, 1.82) is 0 Å². The van der Waals surface area contributed by atoms with E-state index in [9.17, 15) is 19.2 Å². The number of hydrogen-bond donors (Lipinski definition) is 2. The summed E-state index contributed by atoms with van der Waals surface area (Å²) in [6.07, 6.45) is 5.22. The zero-order valence-electron chi connectivity index (χ0n) is 18.4. The number of quaternary nitrogens is 1. The van der Waals surface area contributed by atoms with Gasteiger partial charge in [-0.1, -0.05) is 56.7 Å². The molecular formula is C28H21N2O4+. The van der Waals surface area contributed by atoms with Gasteiger partial charge in [-0.3, -0.25) is 19.2 Å². The summed E-state index contributed by atoms with van der Waals surface area (Å²) in [4.78, 5) is 53.6. The summed E-state index contributed by atoms with van der Waals surface area (Å²) in [6, 6.07) is 6.26. The zero-order valence-corrected chi connectivity index (χ0v) is 18.4. The van der Waals surface area contributed by atoms with E-state index in [1.807, 2.05) is 0 Å². The van der Waals surface area contributed by atoms with Gasteiger partial charge in [-0.15, -0.1) is 0 Å². The highest BCUT2D eigenvalue weighted by atomic mass is 16.1. The van der Waals surface area contributed by atoms with E-state index in [1.165, 1.54) is 30.4 Å². The number of fused-ring (bicyclic) bond motifs is 2. The van der Waals surface area contributed by atoms with Crippen molar-refractivity contribution < 1.29 is 24.9 Å². The summed E-state index contributed by atoms with van der Waals surface area (Å²) >= 11 is 0. The topological polar surface area (TPSA) is 122 Å². The first kappa shape index (κ1) is 22.5. The summed E-state index contributed by atoms with van der Waals surface area (Å²) in [7, 11) is 0. The molecule has 2 aromatic carbocycles. The van der Waals surface area contributed by atoms with Gasteiger partial charge in [-0.2, -0.15) is 0 Å². The third-order valence-corrected chi connectivity index (χ3v) is 6.10. The van der Waals surface area contributed by atoms with E-state index < -0.39 is 23.1 Å². The van der Waals surface area contributed by atoms with E-state index in [2.05, 4.69) is 32.0 Å². The molecule has 0 spiro atoms. The maximum absolute atomic E-state index is 13.5. The minimum Gasteiger partial charge on any atom is -0.398 e. The van der Waals surface area contributed by atoms with Crippen LogP contribution in [0.25, 0.3) is 11.1 Å². The third kappa shape index (κ3) is 2.86. The smallest absolute Gasteiger partial charge is 0.200 e. The monoisotopic (exact) mass is 449 g/mol. The maximum Gasteiger partial charge on any atom is 0.200 e. The van der Waals surface area contributed by atoms with E-state index >= 15 is 0 Å². The molecule has 0 aliphatic heterocycles. The van der Waals surface area contributed by atoms with Crippen LogP contribution in [0.15, 0.2) is 97.2 Å². The average molecular weight is 449 g/mol. The number of ketones is 4. The van der Waals surface area contributed by atoms with Gasteiger partial charge in [0.25, 0.3) is 0 Å². The molecule has 0 bridgehead atoms. The van der Waals surface area contributed by atoms with Crippen molar-refractivity contribution in [3.63, 3.8) is 0 Å². The number of anilines is 1. The van der Waals surface area contributed by atoms with Gasteiger partial charge in [-0.05, 0) is 23.3 Å². The summed E-state index contributed by atoms with van der Waals surface area (Å²) in [5.74, 6) is -1.82. The first-order valence-electron chi connectivity index (χ1n) is 10.3. The molecule has 0 fully saturated rings. The second-order valence-electron chi connectivity index (χ2n) is 7.76. The van der Waals surface area contributed by atoms with Crippen molar-refractivity contribution in [3.05, 3.63) is 119 Å². The van der Waals surface area contributed by atoms with Crippen LogP contribution in [0.4, 0.5) is 11.4 Å². The molecule has 34 heavy (non-hydrogen) atoms. The fourth-order valence-corrected chi connectivity index (χ4v) is 4.53. The van der Waals surface area contributed by atoms with Gasteiger partial charge >= 0.3 is 0 Å². The molecule has 2 aliphatic carbocycles. The highest BCUT2D eigenvalue weighted by molar-refractivity contribution is 6.35. The molecule has 0 saturated heterocycles. The Labute approximate surface area is 196 Å². The number of carbonyl (C=O) groups excluding carboxylic acids is 4. The molecular weight excluding hydrogens is 428 g/mol. The molecule has 0 atom stereocenters. The molecule has 0 saturated carbocycles. The zero-order chi connectivity index (χ0) is 24.9. The van der Waals surface area contributed by atoms with Crippen LogP contribution in [0, 0.1) is 0 Å². The Bertz CT molecular complexity index is 1390. The number of carbonyl (C=O) groups is 4. The van der Waals surface area contributed by atoms with Crippen molar-refractivity contribution in [2.24, 2.45) is 0 Å². The molecule has 6 heteroatoms. The predicted molar refractivity (Wildman–Crippen MR) is 131 cm³/mol. The molecule has 5 N–H and O–H groups in total. The van der Waals surface area contributed by atoms with Gasteiger partial charge in [0, 0.05) is 45.2 Å². The molecule has 0 heterocycles. The van der Waals surface area contributed by atoms with Gasteiger partial charge in [-0.25, -0.2) is 0 Å². The standard InChI is InChI=1S/C28H20N2O4/c1-5-13-15(7-3)27(33)23-19(29)11-9-17(21(23)25(13)31)18-10-12-20(30)24-22(18)26(32)14(6-2)16(8-4)28(24)34/h5-12H,1-4,29-30H2/p+1. The number of rotatable bonds is 5. The number of benzene rings is 2. The summed E-state index contributed by atoms with van der Waals surface area (Å²) in [5, 5.41) is 0. The van der Waals surface area contributed by atoms with Gasteiger partial charge < -0.3 is 11.5 Å². The molecule has 2 aromatic rings. The van der Waals surface area contributed by atoms with Crippen molar-refractivity contribution in [2.75, 3.05) is 5.73 Å². The largest absolute Gasteiger partial charge is 0.398 e. The van der Waals surface area contributed by atoms with Crippen LogP contribution in [-0.2, 0) is 0 Å². The lowest BCUT2D eigenvalue weighted by molar-refractivity contribution is -0.255. The number of hydrogen-bond acceptors (Lipinski definition) is 5. The molecule has 0 unspecified atom stereocenters. The van der Waals surface area contributed by atoms with Crippen molar-refractivity contribution in [2.45, 2.75) is 0 Å². The fraction of sp³-hybridized carbons (Fsp3) is 0. The number of allylic oxidation sites excluding steroid dienone is 8. The number of Topliss-reactive ketones (excluding diaryl/α,β-unsaturated/α-hetero) is 4. The second kappa shape index (κ2) is 8.03. The SMILES string of the molecule is C=CC1=C(C=C)C(=O)c2c(-c3ccc([NH3+])c4c3C(=O)C(C=C)=C(C=C)C4=O)ccc(N)c2C1=O. The van der Waals surface area contributed by atoms with Crippen LogP contribution in [0.1, 0.15) is 41.4 Å². The Kier molecular flexibility index (Phi) is 5.31. The summed E-state index contributed by atoms with van der Waals surface area (Å²) in [5.41, 5.74) is 11.8. The Morgan fingerprint density at radius 3 is 1.35 bits per heavy atom. The van der Waals surface area contributed by atoms with Gasteiger partial charge in [0.15, 0.2) is 17.3 Å². The lowest BCUT2D eigenvalue weighted by Gasteiger charge is -2.25. The lowest BCUT2D eigenvalue weighted by atomic mass is 9.75. The predicted octanol–water partition coefficient (Wildman–Crippen LogP) is 3.90. The third-order valence-electron chi connectivity index (χ3n) is 6.10. The normalized spacial score (nSPS) is 15.2. The van der Waals surface area contributed by atoms with E-state index in [-0.39, 0.29) is 50.2 Å². The Morgan fingerprint density at radius 1 is 0.559 bits per heavy atom. The van der Waals surface area contributed by atoms with E-state index in [4.69, 9.17) is 5.73 Å². The number of nitrogen functional groups attached to an aromatic ring is 1. The van der Waals surface area contributed by atoms with Crippen LogP contribution in [0.2, 0.25) is 0 Å². The van der Waals surface area contributed by atoms with Crippen molar-refractivity contribution in [3.8, 4) is 11.1 Å². The molecule has 0 aromatic heterocycles. The lowest BCUT2D eigenvalue weighted by Crippen LogP contribution is -2.43. The summed E-state index contributed by atoms with van der Waals surface area (Å²) < 4.78 is 0. The van der Waals surface area contributed by atoms with Crippen LogP contribution in [-0.4, -0.2) is 23.1 Å². The van der Waals surface area contributed by atoms with Gasteiger partial charge in [0.2, 0.25) is 5.78 Å². The first-order valence-corrected chi connectivity index (χ1v) is 10.3. The van der Waals surface area contributed by atoms with Crippen molar-refractivity contribution >= 4 is 34.5 Å². The minimum atomic E-state index is -0.477. The molecule has 0 radical (unpaired) electrons. The highest BCUT2D eigenvalue weighted by Crippen LogP contribution is 2.42. The fourth-order valence-electron chi connectivity index (χ4n) is 4.53. The van der Waals surface area contributed by atoms with Crippen LogP contribution in [0.3, 0.4) is 0 Å².